The molecule has 15 fully saturated rings. The summed E-state index contributed by atoms with van der Waals surface area (Å²) in [5.41, 5.74) is -14.2. The number of halogens is 20. The number of esters is 4. The van der Waals surface area contributed by atoms with Gasteiger partial charge in [0.05, 0.1) is 31.5 Å². The van der Waals surface area contributed by atoms with E-state index in [0.29, 0.717) is 83.0 Å². The number of ether oxygens (including phenoxy) is 21. The van der Waals surface area contributed by atoms with Gasteiger partial charge in [-0.25, -0.2) is 19.2 Å². The van der Waals surface area contributed by atoms with Gasteiger partial charge in [0.2, 0.25) is 0 Å². The third kappa shape index (κ3) is 25.4. The van der Waals surface area contributed by atoms with E-state index in [2.05, 4.69) is 31.1 Å². The second kappa shape index (κ2) is 45.8. The Morgan fingerprint density at radius 1 is 0.407 bits per heavy atom. The Kier molecular flexibility index (Phi) is 38.4. The normalized spacial score (nSPS) is 37.9. The van der Waals surface area contributed by atoms with E-state index < -0.39 is 225 Å². The molecule has 4 saturated heterocycles. The van der Waals surface area contributed by atoms with Crippen LogP contribution in [0.1, 0.15) is 272 Å². The fourth-order valence-electron chi connectivity index (χ4n) is 23.2. The van der Waals surface area contributed by atoms with Crippen LogP contribution in [0.4, 0.5) is 87.8 Å². The molecule has 4 aliphatic heterocycles. The van der Waals surface area contributed by atoms with Crippen LogP contribution in [0.25, 0.3) is 0 Å². The highest BCUT2D eigenvalue weighted by molar-refractivity contribution is 5.88. The second-order valence-electron chi connectivity index (χ2n) is 44.4. The number of methoxy groups -OCH3 is 1. The summed E-state index contributed by atoms with van der Waals surface area (Å²) < 4.78 is 411. The van der Waals surface area contributed by atoms with Gasteiger partial charge in [-0.15, -0.1) is 0 Å². The van der Waals surface area contributed by atoms with Crippen LogP contribution in [0.3, 0.4) is 0 Å². The summed E-state index contributed by atoms with van der Waals surface area (Å²) >= 11 is 0. The fourth-order valence-corrected chi connectivity index (χ4v) is 23.2. The Balaban J connectivity index is 0.000000199. The second-order valence-corrected chi connectivity index (χ2v) is 44.4. The highest BCUT2D eigenvalue weighted by atomic mass is 19.4. The number of carbonyl (C=O) groups is 4. The van der Waals surface area contributed by atoms with Crippen molar-refractivity contribution in [2.75, 3.05) is 60.3 Å². The first-order chi connectivity index (χ1) is 66.7. The quantitative estimate of drug-likeness (QED) is 0.0148. The molecule has 15 rings (SSSR count). The molecule has 17 unspecified atom stereocenters. The monoisotopic (exact) mass is 2130 g/mol. The summed E-state index contributed by atoms with van der Waals surface area (Å²) in [4.78, 5) is 47.7. The van der Waals surface area contributed by atoms with Crippen molar-refractivity contribution in [2.24, 2.45) is 75.9 Å². The first-order valence-corrected chi connectivity index (χ1v) is 49.8. The van der Waals surface area contributed by atoms with E-state index in [-0.39, 0.29) is 89.0 Å². The molecule has 4 heterocycles. The van der Waals surface area contributed by atoms with E-state index in [1.807, 2.05) is 20.8 Å². The Labute approximate surface area is 833 Å². The molecular formula is C100H146F20O25. The Morgan fingerprint density at radius 2 is 0.786 bits per heavy atom. The Morgan fingerprint density at radius 3 is 1.20 bits per heavy atom. The minimum absolute atomic E-state index is 0.0115. The number of hydrogen-bond acceptors (Lipinski definition) is 25. The van der Waals surface area contributed by atoms with Crippen molar-refractivity contribution >= 4 is 23.9 Å². The molecule has 0 amide bonds. The van der Waals surface area contributed by atoms with E-state index >= 15 is 35.1 Å². The first-order valence-electron chi connectivity index (χ1n) is 49.8. The summed E-state index contributed by atoms with van der Waals surface area (Å²) in [7, 11) is 1.36. The minimum Gasteiger partial charge on any atom is -0.459 e. The lowest BCUT2D eigenvalue weighted by Crippen LogP contribution is -2.78. The van der Waals surface area contributed by atoms with Gasteiger partial charge in [-0.2, -0.15) is 87.8 Å². The van der Waals surface area contributed by atoms with Crippen LogP contribution in [-0.4, -0.2) is 234 Å². The van der Waals surface area contributed by atoms with Gasteiger partial charge >= 0.3 is 95.4 Å². The van der Waals surface area contributed by atoms with Crippen molar-refractivity contribution in [3.8, 4) is 0 Å². The van der Waals surface area contributed by atoms with Gasteiger partial charge in [-0.1, -0.05) is 113 Å². The average molecular weight is 2130 g/mol. The zero-order chi connectivity index (χ0) is 109. The van der Waals surface area contributed by atoms with Crippen LogP contribution in [0.15, 0.2) is 48.6 Å². The van der Waals surface area contributed by atoms with Crippen LogP contribution in [0, 0.1) is 75.9 Å². The summed E-state index contributed by atoms with van der Waals surface area (Å²) in [5, 5.41) is 0. The molecule has 0 spiro atoms. The molecule has 17 atom stereocenters. The Hall–Kier alpha value is -5.24. The van der Waals surface area contributed by atoms with Crippen LogP contribution in [0.5, 0.6) is 0 Å². The van der Waals surface area contributed by atoms with Crippen molar-refractivity contribution in [1.29, 1.82) is 0 Å². The molecule has 11 saturated carbocycles. The van der Waals surface area contributed by atoms with Gasteiger partial charge in [0.1, 0.15) is 26.4 Å². The fraction of sp³-hybridized carbons (Fsp3) is 0.880. The number of carbonyl (C=O) groups excluding carboxylic acids is 4. The Bertz CT molecular complexity index is 4340. The molecule has 11 aliphatic carbocycles. The maximum Gasteiger partial charge on any atom is 0.450 e. The zero-order valence-electron chi connectivity index (χ0n) is 85.8. The van der Waals surface area contributed by atoms with Crippen LogP contribution >= 0.6 is 0 Å². The maximum absolute atomic E-state index is 16.2. The largest absolute Gasteiger partial charge is 0.459 e. The highest BCUT2D eigenvalue weighted by Crippen LogP contribution is 2.68. The first kappa shape index (κ1) is 122. The van der Waals surface area contributed by atoms with E-state index in [1.54, 1.807) is 0 Å². The van der Waals surface area contributed by atoms with Crippen molar-refractivity contribution < 1.29 is 206 Å². The third-order valence-electron chi connectivity index (χ3n) is 30.5. The van der Waals surface area contributed by atoms with E-state index in [9.17, 15) is 71.9 Å². The summed E-state index contributed by atoms with van der Waals surface area (Å²) in [6.45, 7) is 28.4. The van der Waals surface area contributed by atoms with Gasteiger partial charge in [0.25, 0.3) is 0 Å². The molecule has 0 aromatic carbocycles. The van der Waals surface area contributed by atoms with Crippen LogP contribution < -0.4 is 0 Å². The molecule has 145 heavy (non-hydrogen) atoms. The molecule has 836 valence electrons. The molecule has 0 aromatic heterocycles. The van der Waals surface area contributed by atoms with Gasteiger partial charge in [-0.05, 0) is 244 Å². The summed E-state index contributed by atoms with van der Waals surface area (Å²) in [5.74, 6) is -38.7. The van der Waals surface area contributed by atoms with Crippen LogP contribution in [-0.2, 0) is 119 Å². The van der Waals surface area contributed by atoms with Gasteiger partial charge in [-0.3, -0.25) is 0 Å². The zero-order valence-corrected chi connectivity index (χ0v) is 85.8. The SMILES string of the molecule is C=C(C)C(=O)OCC1(C)OC(C(C)(C)C)OC(OCOC2C3CC4CC(C3)CC2C4)(C(F)(F)F)C1(F)F.C=C(C)C(=O)OCC1(C)OC(C)OC(OC(C)OC2CCCCC2)(C(F)(F)F)C1(F)F.C=C(C)C(=O)OCC1(C)OC(C23CC4CC(CC(C4)C2)C3)OC(OC(C)OCCOC)(C(F)(F)F)C1(F)F.C=C(C)C(=O)OCC1(C)OC(C2CCCCC2)OC(OCOC2CC(C)CCC2C(C)C)(C(F)(F)F)C1(F)F. The van der Waals surface area contributed by atoms with Crippen molar-refractivity contribution in [1.82, 2.24) is 0 Å². The van der Waals surface area contributed by atoms with Gasteiger partial charge < -0.3 is 99.5 Å². The van der Waals surface area contributed by atoms with Crippen molar-refractivity contribution in [2.45, 2.75) is 422 Å². The molecule has 15 aliphatic rings. The van der Waals surface area contributed by atoms with Crippen LogP contribution in [0.2, 0.25) is 0 Å². The molecule has 45 heteroatoms. The molecule has 0 N–H and O–H groups in total. The maximum atomic E-state index is 16.2. The molecule has 25 nitrogen and oxygen atoms in total. The highest BCUT2D eigenvalue weighted by Gasteiger charge is 2.88. The number of hydrogen-bond donors (Lipinski definition) is 0. The lowest BCUT2D eigenvalue weighted by molar-refractivity contribution is -0.553. The summed E-state index contributed by atoms with van der Waals surface area (Å²) in [6.07, 6.45) is -15.5. The van der Waals surface area contributed by atoms with E-state index in [4.69, 9.17) is 94.7 Å². The number of rotatable bonds is 33. The summed E-state index contributed by atoms with van der Waals surface area (Å²) in [6, 6.07) is 0. The lowest BCUT2D eigenvalue weighted by Gasteiger charge is -2.63. The third-order valence-corrected chi connectivity index (χ3v) is 30.5. The van der Waals surface area contributed by atoms with Crippen molar-refractivity contribution in [3.05, 3.63) is 48.6 Å². The van der Waals surface area contributed by atoms with Gasteiger partial charge in [0, 0.05) is 46.2 Å². The predicted molar refractivity (Wildman–Crippen MR) is 475 cm³/mol. The van der Waals surface area contributed by atoms with E-state index in [1.165, 1.54) is 62.0 Å². The topological polar surface area (TPSA) is 262 Å². The smallest absolute Gasteiger partial charge is 0.450 e. The minimum atomic E-state index is -5.71. The molecule has 8 bridgehead atoms. The standard InChI is InChI=1S/C28H43F5O6.C26H37F5O7.C26H37F5O6.C20H29F5O6/c1-17(2)21-13-12-19(5)14-22(21)36-16-37-27(28(31,32)33)26(29,30)25(6,15-35-23(34)18(3)4)38-24(39-27)20-10-8-7-9-11-20;1-15(2)20(32)35-14-22(4)24(27,28)25(26(29,30)31,36-16(3)34-7-6-33-5)38-21(37-22)23-11-17-8-18(12-23)10-19(9-17)13-23;1-14(2)20(32)33-12-23(6)24(27,28)25(26(29,30)31,37-21(36-23)22(3,4)5)35-13-34-19-17-8-15-7-16(10-17)11-18(19)9-15;1-12(2)16(26)27-11-17(5)18(21,22)19(20(23,24)25,31-14(4)29-17)30-13(3)28-15-9-7-6-8-10-15/h17,19-22,24H,3,7-16H2,1-2,4-6H3;16-19,21H,1,6-14H2,2-5H3;15-19,21H,1,7-13H2,2-6H3;13-15H,1,6-11H2,2-5H3. The van der Waals surface area contributed by atoms with E-state index in [0.717, 1.165) is 125 Å². The van der Waals surface area contributed by atoms with Crippen molar-refractivity contribution in [3.63, 3.8) is 0 Å². The predicted octanol–water partition coefficient (Wildman–Crippen LogP) is 23.4. The van der Waals surface area contributed by atoms with Gasteiger partial charge in [0.15, 0.2) is 73.7 Å². The average Bonchev–Trinajstić information content (AvgIpc) is 0.442. The lowest BCUT2D eigenvalue weighted by atomic mass is 9.49. The molecule has 0 radical (unpaired) electrons. The molecular weight excluding hydrogens is 1980 g/mol. The molecule has 0 aromatic rings. The number of alkyl halides is 20.